The van der Waals surface area contributed by atoms with E-state index >= 15 is 0 Å². The van der Waals surface area contributed by atoms with Gasteiger partial charge >= 0.3 is 54.0 Å². The molecule has 94 heavy (non-hydrogen) atoms. The average molecular weight is 1430 g/mol. The zero-order valence-corrected chi connectivity index (χ0v) is 62.6. The fraction of sp³-hybridized carbons (Fsp3) is 0.864. The SMILES string of the molecule is CB(O)[C@@H]1CCCN1C(=S)[C@@H]1CCCN1.CB(O)[C@@H]1CCCN1C(=S)[C@H](C)N.CB(O)[C@H](C)NC(=S)[C@@H]1CCCN1.CCC[C@H](N)C(=S)N1CCC[C@H]1B(C)O.CC[C@H](N)C(=S)N1CCC[C@H]1B(C)O.N[C@H](C(=S)N1CCC[C@H]1B(O)O)C1CCCCC1.O=C=O.O=C=O. The van der Waals surface area contributed by atoms with Gasteiger partial charge in [-0.2, -0.15) is 19.2 Å². The van der Waals surface area contributed by atoms with Gasteiger partial charge in [-0.05, 0) is 148 Å². The van der Waals surface area contributed by atoms with Crippen molar-refractivity contribution in [1.82, 2.24) is 40.4 Å². The van der Waals surface area contributed by atoms with E-state index in [9.17, 15) is 35.2 Å². The van der Waals surface area contributed by atoms with Gasteiger partial charge < -0.3 is 98.6 Å². The molecule has 8 rings (SSSR count). The third-order valence-electron chi connectivity index (χ3n) is 18.8. The van der Waals surface area contributed by atoms with Crippen molar-refractivity contribution < 1.29 is 54.3 Å². The topological polar surface area (TPSA) is 366 Å². The number of carbonyl (C=O) groups excluding carboxylic acids is 4. The van der Waals surface area contributed by atoms with Gasteiger partial charge in [0.05, 0.1) is 72.1 Å². The lowest BCUT2D eigenvalue weighted by atomic mass is 9.62. The van der Waals surface area contributed by atoms with Crippen LogP contribution in [0.4, 0.5) is 0 Å². The number of thiocarbonyl (C=S) groups is 6. The van der Waals surface area contributed by atoms with E-state index < -0.39 is 7.12 Å². The Bertz CT molecular complexity index is 2270. The molecule has 1 aliphatic carbocycles. The van der Waals surface area contributed by atoms with Crippen molar-refractivity contribution in [3.63, 3.8) is 0 Å². The molecule has 0 aromatic carbocycles. The van der Waals surface area contributed by atoms with Crippen LogP contribution < -0.4 is 38.9 Å². The number of nitrogens with one attached hydrogen (secondary N) is 3. The summed E-state index contributed by atoms with van der Waals surface area (Å²) in [6.45, 7) is 22.3. The average Bonchev–Trinajstić information content (AvgIpc) is 1.74. The number of hydrogen-bond acceptors (Lipinski definition) is 23. The molecule has 0 aromatic heterocycles. The van der Waals surface area contributed by atoms with Crippen LogP contribution >= 0.6 is 73.3 Å². The first-order chi connectivity index (χ1) is 44.4. The van der Waals surface area contributed by atoms with E-state index in [0.29, 0.717) is 18.0 Å². The van der Waals surface area contributed by atoms with E-state index in [2.05, 4.69) is 42.5 Å². The normalized spacial score (nSPS) is 24.3. The van der Waals surface area contributed by atoms with Crippen molar-refractivity contribution in [2.75, 3.05) is 45.8 Å². The lowest BCUT2D eigenvalue weighted by Gasteiger charge is -2.34. The van der Waals surface area contributed by atoms with Crippen LogP contribution in [0.5, 0.6) is 0 Å². The fourth-order valence-electron chi connectivity index (χ4n) is 13.3. The Labute approximate surface area is 597 Å². The molecule has 35 heteroatoms. The van der Waals surface area contributed by atoms with Crippen LogP contribution in [0.15, 0.2) is 0 Å². The Balaban J connectivity index is 0.000000556. The van der Waals surface area contributed by atoms with Crippen molar-refractivity contribution in [3.8, 4) is 0 Å². The third-order valence-corrected chi connectivity index (χ3v) is 21.9. The molecule has 7 heterocycles. The number of rotatable bonds is 17. The summed E-state index contributed by atoms with van der Waals surface area (Å²) in [5, 5.41) is 76.3. The Morgan fingerprint density at radius 1 is 0.489 bits per heavy atom. The molecule has 0 radical (unpaired) electrons. The van der Waals surface area contributed by atoms with E-state index in [0.717, 1.165) is 185 Å². The van der Waals surface area contributed by atoms with Crippen molar-refractivity contribution >= 4 is 157 Å². The molecule has 7 aliphatic heterocycles. The van der Waals surface area contributed by atoms with Crippen LogP contribution in [0, 0.1) is 5.92 Å². The van der Waals surface area contributed by atoms with E-state index in [4.69, 9.17) is 115 Å². The molecule has 18 N–H and O–H groups in total. The second kappa shape index (κ2) is 49.5. The second-order valence-corrected chi connectivity index (χ2v) is 28.7. The summed E-state index contributed by atoms with van der Waals surface area (Å²) >= 11 is 32.2. The van der Waals surface area contributed by atoms with Gasteiger partial charge in [-0.3, -0.25) is 0 Å². The quantitative estimate of drug-likeness (QED) is 0.0734. The number of likely N-dealkylation sites (tertiary alicyclic amines) is 5. The zero-order valence-electron chi connectivity index (χ0n) is 57.7. The third kappa shape index (κ3) is 31.2. The lowest BCUT2D eigenvalue weighted by Crippen LogP contribution is -2.52. The molecule has 0 unspecified atom stereocenters. The Kier molecular flexibility index (Phi) is 47.4. The molecule has 0 amide bonds. The first-order valence-corrected chi connectivity index (χ1v) is 37.0. The lowest BCUT2D eigenvalue weighted by molar-refractivity contribution is -0.193. The molecule has 0 bridgehead atoms. The molecule has 23 nitrogen and oxygen atoms in total. The van der Waals surface area contributed by atoms with Gasteiger partial charge in [-0.1, -0.05) is 147 Å². The molecule has 0 spiro atoms. The standard InChI is InChI=1S/C12H23BN2O2S.C10H19BN2OS.C10H21BN2OS.C9H19BN2OS.2C8H17BN2OS.2CO2/c14-11(9-5-2-1-3-6-9)12(18)15-8-4-7-10(15)13(16)17;1-11(14)9-5-3-7-13(9)10(15)8-4-2-6-12-8;1-3-5-8(12)10(15)13-7-4-6-9(13)11(2)14;1-3-7(11)9(14)12-6-4-5-8(12)10(2)13;1-6(9(2)12)11-8(13)7-4-3-5-10-7;1-6(10)8(13)11-5-3-4-7(11)9(2)12;2*2-1-3/h9-11,16-17H,1-8,14H2;8-9,12,14H,2-7H2,1H3;8-9,14H,3-7,12H2,1-2H3;7-8,13H,3-6,11H2,1-2H3;6-7,10,12H,3-5H2,1-2H3,(H,11,13);6-7,12H,3-5,10H2,1-2H3;;/t10-,11-;2*8-,9-;7-,8-;2*6-,7-;;/m000000../s1. The Hall–Kier alpha value is -2.03. The van der Waals surface area contributed by atoms with Crippen molar-refractivity contribution in [1.29, 1.82) is 0 Å². The van der Waals surface area contributed by atoms with Crippen LogP contribution in [0.25, 0.3) is 0 Å². The summed E-state index contributed by atoms with van der Waals surface area (Å²) in [5.74, 6) is 1.05. The van der Waals surface area contributed by atoms with Crippen molar-refractivity contribution in [2.45, 2.75) is 275 Å². The summed E-state index contributed by atoms with van der Waals surface area (Å²) in [7, 11) is -1.32. The summed E-state index contributed by atoms with van der Waals surface area (Å²) in [4.78, 5) is 48.0. The Morgan fingerprint density at radius 3 is 1.20 bits per heavy atom. The minimum Gasteiger partial charge on any atom is -0.449 e. The largest absolute Gasteiger partial charge is 0.475 e. The number of hydrogen-bond donors (Lipinski definition) is 14. The van der Waals surface area contributed by atoms with Gasteiger partial charge in [0, 0.05) is 62.4 Å². The highest BCUT2D eigenvalue weighted by Gasteiger charge is 2.40. The minimum absolute atomic E-state index is 0.0238. The van der Waals surface area contributed by atoms with Gasteiger partial charge in [0.1, 0.15) is 0 Å². The summed E-state index contributed by atoms with van der Waals surface area (Å²) in [6, 6.07) is 0.443. The number of nitrogens with two attached hydrogens (primary N) is 4. The second-order valence-electron chi connectivity index (χ2n) is 26.2. The maximum absolute atomic E-state index is 9.69. The summed E-state index contributed by atoms with van der Waals surface area (Å²) in [5.41, 5.74) is 23.9. The molecule has 0 aromatic rings. The molecule has 7 saturated heterocycles. The molecular formula is C59H116B6N12O11S6. The zero-order chi connectivity index (χ0) is 71.4. The highest BCUT2D eigenvalue weighted by atomic mass is 32.1. The van der Waals surface area contributed by atoms with Gasteiger partial charge in [0.2, 0.25) is 0 Å². The molecule has 8 fully saturated rings. The summed E-state index contributed by atoms with van der Waals surface area (Å²) in [6.07, 6.45) is 24.5. The smallest absolute Gasteiger partial charge is 0.449 e. The maximum atomic E-state index is 9.69. The van der Waals surface area contributed by atoms with Gasteiger partial charge in [0.15, 0.2) is 0 Å². The minimum atomic E-state index is -1.32. The molecule has 532 valence electrons. The van der Waals surface area contributed by atoms with Crippen LogP contribution in [-0.4, -0.2) is 261 Å². The van der Waals surface area contributed by atoms with E-state index in [1.165, 1.54) is 32.1 Å². The molecule has 12 atom stereocenters. The van der Waals surface area contributed by atoms with Crippen LogP contribution in [-0.2, 0) is 19.2 Å². The van der Waals surface area contributed by atoms with E-state index in [-0.39, 0.29) is 107 Å². The van der Waals surface area contributed by atoms with E-state index in [1.807, 2.05) is 53.0 Å². The first kappa shape index (κ1) is 90.0. The van der Waals surface area contributed by atoms with Crippen molar-refractivity contribution in [3.05, 3.63) is 0 Å². The molecule has 1 saturated carbocycles. The molecule has 8 aliphatic rings. The van der Waals surface area contributed by atoms with Gasteiger partial charge in [-0.25, -0.2) is 0 Å². The fourth-order valence-corrected chi connectivity index (χ4v) is 15.5. The summed E-state index contributed by atoms with van der Waals surface area (Å²) < 4.78 is 0. The first-order valence-electron chi connectivity index (χ1n) is 34.5. The van der Waals surface area contributed by atoms with Gasteiger partial charge in [-0.15, -0.1) is 0 Å². The highest BCUT2D eigenvalue weighted by molar-refractivity contribution is 7.81. The van der Waals surface area contributed by atoms with Crippen molar-refractivity contribution in [2.24, 2.45) is 28.9 Å². The maximum Gasteiger partial charge on any atom is 0.475 e. The Morgan fingerprint density at radius 2 is 0.851 bits per heavy atom. The number of nitrogens with zero attached hydrogens (tertiary/aromatic N) is 5. The molecular weight excluding hydrogens is 1310 g/mol. The monoisotopic (exact) mass is 1430 g/mol. The van der Waals surface area contributed by atoms with Crippen LogP contribution in [0.3, 0.4) is 0 Å². The van der Waals surface area contributed by atoms with Crippen LogP contribution in [0.2, 0.25) is 34.1 Å². The highest BCUT2D eigenvalue weighted by Crippen LogP contribution is 2.30. The predicted molar refractivity (Wildman–Crippen MR) is 408 cm³/mol. The van der Waals surface area contributed by atoms with Crippen LogP contribution in [0.1, 0.15) is 169 Å². The predicted octanol–water partition coefficient (Wildman–Crippen LogP) is 2.42. The van der Waals surface area contributed by atoms with Gasteiger partial charge in [0.25, 0.3) is 0 Å². The van der Waals surface area contributed by atoms with E-state index in [1.54, 1.807) is 6.82 Å².